The molecule has 0 aromatic heterocycles. The van der Waals surface area contributed by atoms with Crippen LogP contribution in [-0.4, -0.2) is 20.4 Å². The zero-order valence-electron chi connectivity index (χ0n) is 12.9. The summed E-state index contributed by atoms with van der Waals surface area (Å²) >= 11 is 0. The maximum atomic E-state index is 9.90. The first-order valence-corrected chi connectivity index (χ1v) is 7.42. The summed E-state index contributed by atoms with van der Waals surface area (Å²) in [5, 5.41) is 39.5. The molecular formula is C18H20O4. The van der Waals surface area contributed by atoms with E-state index in [1.54, 1.807) is 24.3 Å². The fraction of sp³-hybridized carbons (Fsp3) is 0.333. The third kappa shape index (κ3) is 1.76. The SMILES string of the molecule is CCC1(C)c2cc(O)c(O)cc2C(C)c2cc(O)c(O)cc21. The first kappa shape index (κ1) is 14.6. The molecule has 4 N–H and O–H groups in total. The summed E-state index contributed by atoms with van der Waals surface area (Å²) in [7, 11) is 0. The van der Waals surface area contributed by atoms with Gasteiger partial charge in [-0.2, -0.15) is 0 Å². The van der Waals surface area contributed by atoms with Crippen LogP contribution < -0.4 is 0 Å². The Morgan fingerprint density at radius 2 is 1.18 bits per heavy atom. The van der Waals surface area contributed by atoms with E-state index in [1.807, 2.05) is 20.8 Å². The summed E-state index contributed by atoms with van der Waals surface area (Å²) in [5.74, 6) is -0.622. The zero-order valence-corrected chi connectivity index (χ0v) is 12.9. The molecule has 0 spiro atoms. The van der Waals surface area contributed by atoms with Gasteiger partial charge in [-0.1, -0.05) is 20.8 Å². The lowest BCUT2D eigenvalue weighted by Gasteiger charge is -2.40. The molecule has 0 aliphatic heterocycles. The van der Waals surface area contributed by atoms with Crippen LogP contribution in [0.1, 0.15) is 55.4 Å². The average Bonchev–Trinajstić information content (AvgIpc) is 2.49. The maximum absolute atomic E-state index is 9.90. The molecule has 0 heterocycles. The van der Waals surface area contributed by atoms with Gasteiger partial charge in [-0.15, -0.1) is 0 Å². The third-order valence-corrected chi connectivity index (χ3v) is 5.12. The molecule has 2 aromatic carbocycles. The highest BCUT2D eigenvalue weighted by atomic mass is 16.3. The second kappa shape index (κ2) is 4.57. The number of hydrogen-bond donors (Lipinski definition) is 4. The normalized spacial score (nSPS) is 23.0. The molecule has 0 fully saturated rings. The van der Waals surface area contributed by atoms with Crippen molar-refractivity contribution in [3.63, 3.8) is 0 Å². The third-order valence-electron chi connectivity index (χ3n) is 5.12. The van der Waals surface area contributed by atoms with Gasteiger partial charge < -0.3 is 20.4 Å². The minimum Gasteiger partial charge on any atom is -0.504 e. The van der Waals surface area contributed by atoms with Crippen LogP contribution in [0.25, 0.3) is 0 Å². The molecule has 2 aromatic rings. The van der Waals surface area contributed by atoms with Crippen molar-refractivity contribution in [2.75, 3.05) is 0 Å². The Bertz CT molecular complexity index is 705. The first-order chi connectivity index (χ1) is 10.3. The van der Waals surface area contributed by atoms with Gasteiger partial charge in [-0.25, -0.2) is 0 Å². The minimum atomic E-state index is -0.409. The molecule has 0 radical (unpaired) electrons. The zero-order chi connectivity index (χ0) is 16.2. The lowest BCUT2D eigenvalue weighted by atomic mass is 9.63. The van der Waals surface area contributed by atoms with Gasteiger partial charge in [0.25, 0.3) is 0 Å². The van der Waals surface area contributed by atoms with Gasteiger partial charge in [0.15, 0.2) is 23.0 Å². The number of hydrogen-bond acceptors (Lipinski definition) is 4. The summed E-state index contributed by atoms with van der Waals surface area (Å²) in [4.78, 5) is 0. The van der Waals surface area contributed by atoms with E-state index in [2.05, 4.69) is 0 Å². The van der Waals surface area contributed by atoms with Crippen LogP contribution in [0.5, 0.6) is 23.0 Å². The maximum Gasteiger partial charge on any atom is 0.157 e. The van der Waals surface area contributed by atoms with Gasteiger partial charge in [-0.3, -0.25) is 0 Å². The molecule has 0 bridgehead atoms. The Kier molecular flexibility index (Phi) is 3.02. The number of benzene rings is 2. The molecule has 4 nitrogen and oxygen atoms in total. The summed E-state index contributed by atoms with van der Waals surface area (Å²) in [5.41, 5.74) is 3.33. The number of fused-ring (bicyclic) bond motifs is 2. The van der Waals surface area contributed by atoms with E-state index in [0.29, 0.717) is 0 Å². The first-order valence-electron chi connectivity index (χ1n) is 7.42. The Labute approximate surface area is 129 Å². The number of phenols is 4. The van der Waals surface area contributed by atoms with Crippen LogP contribution in [0, 0.1) is 0 Å². The van der Waals surface area contributed by atoms with Crippen LogP contribution in [0.3, 0.4) is 0 Å². The predicted octanol–water partition coefficient (Wildman–Crippen LogP) is 3.69. The Morgan fingerprint density at radius 3 is 1.55 bits per heavy atom. The lowest BCUT2D eigenvalue weighted by molar-refractivity contribution is 0.393. The van der Waals surface area contributed by atoms with E-state index in [0.717, 1.165) is 28.7 Å². The average molecular weight is 300 g/mol. The lowest BCUT2D eigenvalue weighted by Crippen LogP contribution is -2.31. The predicted molar refractivity (Wildman–Crippen MR) is 83.8 cm³/mol. The second-order valence-corrected chi connectivity index (χ2v) is 6.26. The van der Waals surface area contributed by atoms with Crippen LogP contribution in [0.2, 0.25) is 0 Å². The summed E-state index contributed by atoms with van der Waals surface area (Å²) in [6.45, 7) is 6.07. The molecule has 1 aliphatic carbocycles. The minimum absolute atomic E-state index is 0.0531. The monoisotopic (exact) mass is 300 g/mol. The summed E-state index contributed by atoms with van der Waals surface area (Å²) in [6.07, 6.45) is 0.758. The largest absolute Gasteiger partial charge is 0.504 e. The van der Waals surface area contributed by atoms with Crippen LogP contribution in [-0.2, 0) is 5.41 Å². The highest BCUT2D eigenvalue weighted by molar-refractivity contribution is 5.63. The fourth-order valence-electron chi connectivity index (χ4n) is 3.55. The van der Waals surface area contributed by atoms with Crippen molar-refractivity contribution in [1.29, 1.82) is 0 Å². The van der Waals surface area contributed by atoms with E-state index in [-0.39, 0.29) is 28.9 Å². The topological polar surface area (TPSA) is 80.9 Å². The van der Waals surface area contributed by atoms with Crippen molar-refractivity contribution in [2.24, 2.45) is 0 Å². The molecule has 3 rings (SSSR count). The number of rotatable bonds is 1. The van der Waals surface area contributed by atoms with Gasteiger partial charge in [-0.05, 0) is 52.9 Å². The highest BCUT2D eigenvalue weighted by Crippen LogP contribution is 2.52. The smallest absolute Gasteiger partial charge is 0.157 e. The molecule has 0 atom stereocenters. The Balaban J connectivity index is 2.38. The quantitative estimate of drug-likeness (QED) is 0.605. The van der Waals surface area contributed by atoms with Gasteiger partial charge in [0.2, 0.25) is 0 Å². The Hall–Kier alpha value is -2.36. The van der Waals surface area contributed by atoms with Crippen molar-refractivity contribution in [2.45, 2.75) is 38.5 Å². The van der Waals surface area contributed by atoms with Crippen molar-refractivity contribution >= 4 is 0 Å². The van der Waals surface area contributed by atoms with E-state index in [9.17, 15) is 20.4 Å². The molecule has 0 saturated heterocycles. The van der Waals surface area contributed by atoms with Crippen molar-refractivity contribution < 1.29 is 20.4 Å². The van der Waals surface area contributed by atoms with Crippen molar-refractivity contribution in [3.8, 4) is 23.0 Å². The summed E-state index contributed by atoms with van der Waals surface area (Å²) in [6, 6.07) is 6.40. The van der Waals surface area contributed by atoms with E-state index in [1.165, 1.54) is 0 Å². The molecule has 1 aliphatic rings. The number of aromatic hydroxyl groups is 4. The van der Waals surface area contributed by atoms with Crippen LogP contribution in [0.15, 0.2) is 24.3 Å². The van der Waals surface area contributed by atoms with E-state index < -0.39 is 5.41 Å². The molecule has 4 heteroatoms. The van der Waals surface area contributed by atoms with Crippen LogP contribution >= 0.6 is 0 Å². The molecule has 0 unspecified atom stereocenters. The molecule has 0 saturated carbocycles. The van der Waals surface area contributed by atoms with Gasteiger partial charge >= 0.3 is 0 Å². The Morgan fingerprint density at radius 1 is 0.818 bits per heavy atom. The molecule has 22 heavy (non-hydrogen) atoms. The van der Waals surface area contributed by atoms with Gasteiger partial charge in [0.1, 0.15) is 0 Å². The molecular weight excluding hydrogens is 280 g/mol. The summed E-state index contributed by atoms with van der Waals surface area (Å²) < 4.78 is 0. The van der Waals surface area contributed by atoms with Gasteiger partial charge in [0.05, 0.1) is 0 Å². The molecule has 0 amide bonds. The standard InChI is InChI=1S/C18H20O4/c1-4-18(3)12-7-16(21)14(19)5-10(12)9(2)11-6-15(20)17(22)8-13(11)18/h5-9,19-22H,4H2,1-3H3. The second-order valence-electron chi connectivity index (χ2n) is 6.26. The van der Waals surface area contributed by atoms with Gasteiger partial charge in [0, 0.05) is 11.3 Å². The highest BCUT2D eigenvalue weighted by Gasteiger charge is 2.39. The molecule has 116 valence electrons. The fourth-order valence-corrected chi connectivity index (χ4v) is 3.55. The van der Waals surface area contributed by atoms with E-state index >= 15 is 0 Å². The van der Waals surface area contributed by atoms with Crippen LogP contribution in [0.4, 0.5) is 0 Å². The van der Waals surface area contributed by atoms with E-state index in [4.69, 9.17) is 0 Å². The number of phenolic OH excluding ortho intramolecular Hbond substituents is 4. The van der Waals surface area contributed by atoms with Crippen molar-refractivity contribution in [3.05, 3.63) is 46.5 Å². The van der Waals surface area contributed by atoms with Crippen molar-refractivity contribution in [1.82, 2.24) is 0 Å².